The lowest BCUT2D eigenvalue weighted by atomic mass is 10.1. The highest BCUT2D eigenvalue weighted by Crippen LogP contribution is 2.24. The minimum Gasteiger partial charge on any atom is -0.548 e. The molecule has 5 nitrogen and oxygen atoms in total. The second-order valence-electron chi connectivity index (χ2n) is 4.19. The van der Waals surface area contributed by atoms with Gasteiger partial charge in [0, 0.05) is 9.86 Å². The molecule has 0 aliphatic carbocycles. The molecule has 2 aromatic rings. The van der Waals surface area contributed by atoms with Gasteiger partial charge < -0.3 is 15.2 Å². The molecule has 1 heterocycles. The fourth-order valence-corrected chi connectivity index (χ4v) is 2.21. The van der Waals surface area contributed by atoms with E-state index in [0.29, 0.717) is 12.2 Å². The molecule has 1 aromatic carbocycles. The minimum absolute atomic E-state index is 0.488. The van der Waals surface area contributed by atoms with Gasteiger partial charge >= 0.3 is 0 Å². The van der Waals surface area contributed by atoms with Crippen LogP contribution in [0.1, 0.15) is 19.8 Å². The van der Waals surface area contributed by atoms with Crippen LogP contribution in [0.3, 0.4) is 0 Å². The van der Waals surface area contributed by atoms with E-state index in [1.165, 1.54) is 6.33 Å². The van der Waals surface area contributed by atoms with E-state index in [4.69, 9.17) is 0 Å². The van der Waals surface area contributed by atoms with E-state index in [1.807, 2.05) is 25.1 Å². The first-order chi connectivity index (χ1) is 9.11. The molecule has 0 saturated heterocycles. The Balaban J connectivity index is 2.38. The molecular weight excluding hydrogens is 310 g/mol. The summed E-state index contributed by atoms with van der Waals surface area (Å²) in [6.07, 6.45) is 2.65. The number of carboxylic acids is 1. The molecule has 0 bridgehead atoms. The highest BCUT2D eigenvalue weighted by Gasteiger charge is 2.12. The van der Waals surface area contributed by atoms with Crippen LogP contribution in [0.15, 0.2) is 29.0 Å². The lowest BCUT2D eigenvalue weighted by Gasteiger charge is -2.20. The van der Waals surface area contributed by atoms with E-state index in [1.54, 1.807) is 0 Å². The lowest BCUT2D eigenvalue weighted by molar-refractivity contribution is -0.306. The van der Waals surface area contributed by atoms with Crippen molar-refractivity contribution in [1.82, 2.24) is 9.97 Å². The highest BCUT2D eigenvalue weighted by atomic mass is 79.9. The largest absolute Gasteiger partial charge is 0.548 e. The van der Waals surface area contributed by atoms with Crippen LogP contribution in [0.25, 0.3) is 10.9 Å². The van der Waals surface area contributed by atoms with Crippen molar-refractivity contribution in [1.29, 1.82) is 0 Å². The van der Waals surface area contributed by atoms with Crippen LogP contribution in [-0.4, -0.2) is 22.0 Å². The lowest BCUT2D eigenvalue weighted by Crippen LogP contribution is -2.41. The maximum Gasteiger partial charge on any atom is 0.137 e. The van der Waals surface area contributed by atoms with Gasteiger partial charge in [-0.05, 0) is 24.6 Å². The van der Waals surface area contributed by atoms with Crippen molar-refractivity contribution in [2.45, 2.75) is 25.8 Å². The molecule has 0 fully saturated rings. The quantitative estimate of drug-likeness (QED) is 0.906. The monoisotopic (exact) mass is 322 g/mol. The van der Waals surface area contributed by atoms with Gasteiger partial charge in [0.1, 0.15) is 12.1 Å². The zero-order valence-corrected chi connectivity index (χ0v) is 12.0. The van der Waals surface area contributed by atoms with E-state index < -0.39 is 12.0 Å². The smallest absolute Gasteiger partial charge is 0.137 e. The van der Waals surface area contributed by atoms with E-state index >= 15 is 0 Å². The summed E-state index contributed by atoms with van der Waals surface area (Å²) in [6, 6.07) is 4.83. The molecule has 0 aliphatic rings. The fourth-order valence-electron chi connectivity index (χ4n) is 1.85. The van der Waals surface area contributed by atoms with Crippen LogP contribution in [0.2, 0.25) is 0 Å². The van der Waals surface area contributed by atoms with Gasteiger partial charge in [-0.2, -0.15) is 0 Å². The SMILES string of the molecule is CCC[C@@H](Nc1ncnc2ccc(Br)cc12)C(=O)[O-]. The Morgan fingerprint density at radius 2 is 2.26 bits per heavy atom. The number of rotatable bonds is 5. The molecule has 0 unspecified atom stereocenters. The Kier molecular flexibility index (Phi) is 4.31. The van der Waals surface area contributed by atoms with Gasteiger partial charge in [-0.3, -0.25) is 0 Å². The standard InChI is InChI=1S/C13H14BrN3O2/c1-2-3-11(13(18)19)17-12-9-6-8(14)4-5-10(9)15-7-16-12/h4-7,11H,2-3H2,1H3,(H,18,19)(H,15,16,17)/p-1/t11-/m1/s1. The number of aliphatic carboxylic acids is 1. The van der Waals surface area contributed by atoms with Crippen molar-refractivity contribution < 1.29 is 9.90 Å². The zero-order valence-electron chi connectivity index (χ0n) is 10.4. The summed E-state index contributed by atoms with van der Waals surface area (Å²) in [5.41, 5.74) is 0.759. The van der Waals surface area contributed by atoms with Gasteiger partial charge in [0.25, 0.3) is 0 Å². The number of carbonyl (C=O) groups excluding carboxylic acids is 1. The predicted octanol–water partition coefficient (Wildman–Crippen LogP) is 1.72. The molecule has 2 rings (SSSR count). The maximum absolute atomic E-state index is 11.1. The van der Waals surface area contributed by atoms with Crippen molar-refractivity contribution in [2.24, 2.45) is 0 Å². The number of carboxylic acid groups (broad SMARTS) is 1. The summed E-state index contributed by atoms with van der Waals surface area (Å²) in [6.45, 7) is 1.92. The van der Waals surface area contributed by atoms with Crippen molar-refractivity contribution in [3.05, 3.63) is 29.0 Å². The van der Waals surface area contributed by atoms with Gasteiger partial charge in [0.2, 0.25) is 0 Å². The Hall–Kier alpha value is -1.69. The Morgan fingerprint density at radius 1 is 1.47 bits per heavy atom. The van der Waals surface area contributed by atoms with E-state index in [-0.39, 0.29) is 0 Å². The first-order valence-electron chi connectivity index (χ1n) is 5.99. The summed E-state index contributed by atoms with van der Waals surface area (Å²) >= 11 is 3.38. The first kappa shape index (κ1) is 13.7. The number of halogens is 1. The van der Waals surface area contributed by atoms with Gasteiger partial charge in [-0.1, -0.05) is 29.3 Å². The molecule has 0 amide bonds. The summed E-state index contributed by atoms with van der Waals surface area (Å²) < 4.78 is 0.887. The van der Waals surface area contributed by atoms with E-state index in [0.717, 1.165) is 21.8 Å². The average Bonchev–Trinajstić information content (AvgIpc) is 2.38. The van der Waals surface area contributed by atoms with Gasteiger partial charge in [-0.15, -0.1) is 0 Å². The topological polar surface area (TPSA) is 77.9 Å². The third-order valence-electron chi connectivity index (χ3n) is 2.77. The highest BCUT2D eigenvalue weighted by molar-refractivity contribution is 9.10. The molecule has 0 radical (unpaired) electrons. The number of nitrogens with zero attached hydrogens (tertiary/aromatic N) is 2. The average molecular weight is 323 g/mol. The van der Waals surface area contributed by atoms with Crippen LogP contribution < -0.4 is 10.4 Å². The molecule has 0 aliphatic heterocycles. The van der Waals surface area contributed by atoms with Crippen molar-refractivity contribution in [3.8, 4) is 0 Å². The first-order valence-corrected chi connectivity index (χ1v) is 6.78. The number of benzene rings is 1. The molecule has 0 saturated carbocycles. The van der Waals surface area contributed by atoms with Crippen LogP contribution in [0.5, 0.6) is 0 Å². The Morgan fingerprint density at radius 3 is 2.95 bits per heavy atom. The van der Waals surface area contributed by atoms with E-state index in [9.17, 15) is 9.90 Å². The van der Waals surface area contributed by atoms with Crippen LogP contribution >= 0.6 is 15.9 Å². The summed E-state index contributed by atoms with van der Waals surface area (Å²) in [5, 5.41) is 14.8. The van der Waals surface area contributed by atoms with Crippen molar-refractivity contribution >= 4 is 38.6 Å². The predicted molar refractivity (Wildman–Crippen MR) is 74.6 cm³/mol. The number of nitrogens with one attached hydrogen (secondary N) is 1. The third-order valence-corrected chi connectivity index (χ3v) is 3.26. The number of hydrogen-bond donors (Lipinski definition) is 1. The Labute approximate surface area is 119 Å². The number of aromatic nitrogens is 2. The van der Waals surface area contributed by atoms with Gasteiger partial charge in [0.05, 0.1) is 17.5 Å². The number of anilines is 1. The molecule has 1 aromatic heterocycles. The minimum atomic E-state index is -1.12. The number of carbonyl (C=O) groups is 1. The second kappa shape index (κ2) is 5.97. The molecule has 0 spiro atoms. The second-order valence-corrected chi connectivity index (χ2v) is 5.10. The van der Waals surface area contributed by atoms with Crippen molar-refractivity contribution in [3.63, 3.8) is 0 Å². The van der Waals surface area contributed by atoms with Crippen LogP contribution in [0.4, 0.5) is 5.82 Å². The molecular formula is C13H13BrN3O2-. The third kappa shape index (κ3) is 3.20. The number of fused-ring (bicyclic) bond motifs is 1. The van der Waals surface area contributed by atoms with Crippen molar-refractivity contribution in [2.75, 3.05) is 5.32 Å². The maximum atomic E-state index is 11.1. The van der Waals surface area contributed by atoms with Crippen LogP contribution in [-0.2, 0) is 4.79 Å². The fraction of sp³-hybridized carbons (Fsp3) is 0.308. The molecule has 1 atom stereocenters. The normalized spacial score (nSPS) is 12.3. The van der Waals surface area contributed by atoms with Gasteiger partial charge in [0.15, 0.2) is 0 Å². The molecule has 6 heteroatoms. The summed E-state index contributed by atoms with van der Waals surface area (Å²) in [5.74, 6) is -0.613. The summed E-state index contributed by atoms with van der Waals surface area (Å²) in [7, 11) is 0. The Bertz CT molecular complexity index is 603. The molecule has 19 heavy (non-hydrogen) atoms. The summed E-state index contributed by atoms with van der Waals surface area (Å²) in [4.78, 5) is 19.3. The van der Waals surface area contributed by atoms with Crippen LogP contribution in [0, 0.1) is 0 Å². The zero-order chi connectivity index (χ0) is 13.8. The van der Waals surface area contributed by atoms with E-state index in [2.05, 4.69) is 31.2 Å². The number of hydrogen-bond acceptors (Lipinski definition) is 5. The molecule has 1 N–H and O–H groups in total. The molecule has 100 valence electrons. The van der Waals surface area contributed by atoms with Gasteiger partial charge in [-0.25, -0.2) is 9.97 Å².